The number of hydrogen-bond acceptors (Lipinski definition) is 4. The van der Waals surface area contributed by atoms with Crippen LogP contribution in [0.25, 0.3) is 11.1 Å². The van der Waals surface area contributed by atoms with Gasteiger partial charge < -0.3 is 15.1 Å². The minimum atomic E-state index is -0.481. The Bertz CT molecular complexity index is 908. The molecule has 1 heterocycles. The first-order valence-corrected chi connectivity index (χ1v) is 8.07. The molecule has 2 aromatic carbocycles. The molecule has 3 aromatic rings. The molecular weight excluding hydrogens is 349 g/mol. The van der Waals surface area contributed by atoms with E-state index in [1.54, 1.807) is 32.0 Å². The Morgan fingerprint density at radius 3 is 2.79 bits per heavy atom. The first-order chi connectivity index (χ1) is 11.4. The fraction of sp³-hybridized carbons (Fsp3) is 0.176. The Hall–Kier alpha value is -2.24. The first kappa shape index (κ1) is 16.6. The summed E-state index contributed by atoms with van der Waals surface area (Å²) in [4.78, 5) is 16.6. The highest BCUT2D eigenvalue weighted by Gasteiger charge is 2.15. The summed E-state index contributed by atoms with van der Waals surface area (Å²) < 4.78 is 5.43. The van der Waals surface area contributed by atoms with Crippen LogP contribution >= 0.6 is 23.2 Å². The van der Waals surface area contributed by atoms with Crippen molar-refractivity contribution in [2.45, 2.75) is 19.9 Å². The number of carbonyl (C=O) groups excluding carboxylic acids is 1. The van der Waals surface area contributed by atoms with E-state index in [1.807, 2.05) is 18.2 Å². The lowest BCUT2D eigenvalue weighted by Gasteiger charge is -2.16. The van der Waals surface area contributed by atoms with Gasteiger partial charge in [0, 0.05) is 17.6 Å². The van der Waals surface area contributed by atoms with Crippen LogP contribution in [-0.2, 0) is 4.79 Å². The summed E-state index contributed by atoms with van der Waals surface area (Å²) in [6.07, 6.45) is 0. The summed E-state index contributed by atoms with van der Waals surface area (Å²) in [5, 5.41) is 6.82. The third-order valence-corrected chi connectivity index (χ3v) is 4.02. The average Bonchev–Trinajstić information content (AvgIpc) is 2.90. The molecule has 1 atom stereocenters. The number of anilines is 2. The SMILES string of the molecule is Cc1nc2cc(N[C@H](C)C(=O)Nc3cc(Cl)ccc3Cl)ccc2o1. The second kappa shape index (κ2) is 6.71. The van der Waals surface area contributed by atoms with Crippen LogP contribution in [0, 0.1) is 6.92 Å². The van der Waals surface area contributed by atoms with Crippen LogP contribution in [0.5, 0.6) is 0 Å². The zero-order valence-electron chi connectivity index (χ0n) is 13.1. The fourth-order valence-corrected chi connectivity index (χ4v) is 2.62. The third-order valence-electron chi connectivity index (χ3n) is 3.46. The number of fused-ring (bicyclic) bond motifs is 1. The van der Waals surface area contributed by atoms with Gasteiger partial charge in [-0.2, -0.15) is 0 Å². The smallest absolute Gasteiger partial charge is 0.246 e. The summed E-state index contributed by atoms with van der Waals surface area (Å²) in [7, 11) is 0. The molecule has 0 spiro atoms. The number of aromatic nitrogens is 1. The van der Waals surface area contributed by atoms with Crippen LogP contribution in [0.2, 0.25) is 10.0 Å². The van der Waals surface area contributed by atoms with Crippen LogP contribution in [-0.4, -0.2) is 16.9 Å². The van der Waals surface area contributed by atoms with Crippen molar-refractivity contribution in [3.63, 3.8) is 0 Å². The van der Waals surface area contributed by atoms with Crippen molar-refractivity contribution in [1.82, 2.24) is 4.98 Å². The van der Waals surface area contributed by atoms with Crippen molar-refractivity contribution < 1.29 is 9.21 Å². The molecular formula is C17H15Cl2N3O2. The molecule has 3 rings (SSSR count). The number of nitrogens with one attached hydrogen (secondary N) is 2. The summed E-state index contributed by atoms with van der Waals surface area (Å²) in [6, 6.07) is 9.92. The van der Waals surface area contributed by atoms with E-state index in [0.717, 1.165) is 11.2 Å². The van der Waals surface area contributed by atoms with Crippen molar-refractivity contribution in [2.75, 3.05) is 10.6 Å². The molecule has 0 saturated heterocycles. The minimum absolute atomic E-state index is 0.226. The molecule has 0 aliphatic rings. The largest absolute Gasteiger partial charge is 0.441 e. The van der Waals surface area contributed by atoms with Crippen molar-refractivity contribution in [3.8, 4) is 0 Å². The highest BCUT2D eigenvalue weighted by atomic mass is 35.5. The lowest BCUT2D eigenvalue weighted by atomic mass is 10.2. The number of aryl methyl sites for hydroxylation is 1. The van der Waals surface area contributed by atoms with E-state index in [9.17, 15) is 4.79 Å². The molecule has 0 radical (unpaired) electrons. The molecule has 0 bridgehead atoms. The van der Waals surface area contributed by atoms with Crippen molar-refractivity contribution in [3.05, 3.63) is 52.3 Å². The predicted molar refractivity (Wildman–Crippen MR) is 96.9 cm³/mol. The van der Waals surface area contributed by atoms with Crippen molar-refractivity contribution in [1.29, 1.82) is 0 Å². The van der Waals surface area contributed by atoms with Gasteiger partial charge in [-0.15, -0.1) is 0 Å². The van der Waals surface area contributed by atoms with E-state index < -0.39 is 6.04 Å². The van der Waals surface area contributed by atoms with Gasteiger partial charge in [-0.05, 0) is 43.3 Å². The lowest BCUT2D eigenvalue weighted by molar-refractivity contribution is -0.116. The van der Waals surface area contributed by atoms with Crippen LogP contribution in [0.4, 0.5) is 11.4 Å². The number of halogens is 2. The van der Waals surface area contributed by atoms with Gasteiger partial charge in [-0.1, -0.05) is 23.2 Å². The number of amides is 1. The number of hydrogen-bond donors (Lipinski definition) is 2. The predicted octanol–water partition coefficient (Wildman–Crippen LogP) is 4.88. The number of carbonyl (C=O) groups is 1. The maximum absolute atomic E-state index is 12.3. The Kier molecular flexibility index (Phi) is 4.64. The standard InChI is InChI=1S/C17H15Cl2N3O2/c1-9(17(23)22-14-7-11(18)3-5-13(14)19)20-12-4-6-16-15(8-12)21-10(2)24-16/h3-9,20H,1-2H3,(H,22,23)/t9-/m1/s1. The van der Waals surface area contributed by atoms with Gasteiger partial charge in [0.25, 0.3) is 0 Å². The van der Waals surface area contributed by atoms with Gasteiger partial charge in [0.2, 0.25) is 5.91 Å². The minimum Gasteiger partial charge on any atom is -0.441 e. The molecule has 2 N–H and O–H groups in total. The Balaban J connectivity index is 1.71. The zero-order valence-corrected chi connectivity index (χ0v) is 14.6. The highest BCUT2D eigenvalue weighted by molar-refractivity contribution is 6.35. The molecule has 0 unspecified atom stereocenters. The van der Waals surface area contributed by atoms with E-state index in [2.05, 4.69) is 15.6 Å². The summed E-state index contributed by atoms with van der Waals surface area (Å²) in [5.74, 6) is 0.374. The highest BCUT2D eigenvalue weighted by Crippen LogP contribution is 2.26. The molecule has 5 nitrogen and oxygen atoms in total. The molecule has 124 valence electrons. The van der Waals surface area contributed by atoms with E-state index in [1.165, 1.54) is 0 Å². The molecule has 0 aliphatic heterocycles. The second-order valence-corrected chi connectivity index (χ2v) is 6.24. The van der Waals surface area contributed by atoms with Gasteiger partial charge in [-0.3, -0.25) is 4.79 Å². The first-order valence-electron chi connectivity index (χ1n) is 7.32. The normalized spacial score (nSPS) is 12.2. The van der Waals surface area contributed by atoms with Crippen LogP contribution < -0.4 is 10.6 Å². The van der Waals surface area contributed by atoms with Crippen LogP contribution in [0.15, 0.2) is 40.8 Å². The van der Waals surface area contributed by atoms with Gasteiger partial charge in [0.1, 0.15) is 11.6 Å². The summed E-state index contributed by atoms with van der Waals surface area (Å²) in [5.41, 5.74) is 2.70. The third kappa shape index (κ3) is 3.63. The topological polar surface area (TPSA) is 67.2 Å². The second-order valence-electron chi connectivity index (χ2n) is 5.39. The molecule has 0 saturated carbocycles. The van der Waals surface area contributed by atoms with E-state index in [4.69, 9.17) is 27.6 Å². The molecule has 1 amide bonds. The number of benzene rings is 2. The molecule has 0 aliphatic carbocycles. The summed E-state index contributed by atoms with van der Waals surface area (Å²) in [6.45, 7) is 3.55. The molecule has 7 heteroatoms. The quantitative estimate of drug-likeness (QED) is 0.692. The van der Waals surface area contributed by atoms with Gasteiger partial charge >= 0.3 is 0 Å². The molecule has 1 aromatic heterocycles. The van der Waals surface area contributed by atoms with Gasteiger partial charge in [0.05, 0.1) is 10.7 Å². The van der Waals surface area contributed by atoms with Crippen molar-refractivity contribution in [2.24, 2.45) is 0 Å². The maximum Gasteiger partial charge on any atom is 0.246 e. The van der Waals surface area contributed by atoms with E-state index in [0.29, 0.717) is 27.2 Å². The maximum atomic E-state index is 12.3. The number of oxazole rings is 1. The Labute approximate surface area is 149 Å². The van der Waals surface area contributed by atoms with E-state index in [-0.39, 0.29) is 5.91 Å². The zero-order chi connectivity index (χ0) is 17.3. The Morgan fingerprint density at radius 2 is 2.00 bits per heavy atom. The lowest BCUT2D eigenvalue weighted by Crippen LogP contribution is -2.31. The Morgan fingerprint density at radius 1 is 1.21 bits per heavy atom. The van der Waals surface area contributed by atoms with Gasteiger partial charge in [-0.25, -0.2) is 4.98 Å². The number of rotatable bonds is 4. The monoisotopic (exact) mass is 363 g/mol. The van der Waals surface area contributed by atoms with Crippen LogP contribution in [0.1, 0.15) is 12.8 Å². The van der Waals surface area contributed by atoms with Crippen LogP contribution in [0.3, 0.4) is 0 Å². The molecule has 24 heavy (non-hydrogen) atoms. The van der Waals surface area contributed by atoms with E-state index >= 15 is 0 Å². The fourth-order valence-electron chi connectivity index (χ4n) is 2.28. The molecule has 0 fully saturated rings. The average molecular weight is 364 g/mol. The number of nitrogens with zero attached hydrogens (tertiary/aromatic N) is 1. The van der Waals surface area contributed by atoms with Gasteiger partial charge in [0.15, 0.2) is 11.5 Å². The van der Waals surface area contributed by atoms with Crippen molar-refractivity contribution >= 4 is 51.6 Å². The summed E-state index contributed by atoms with van der Waals surface area (Å²) >= 11 is 12.0.